The van der Waals surface area contributed by atoms with Crippen LogP contribution in [0.2, 0.25) is 0 Å². The summed E-state index contributed by atoms with van der Waals surface area (Å²) in [5.74, 6) is 0.162. The molecule has 1 amide bonds. The van der Waals surface area contributed by atoms with Gasteiger partial charge in [0.25, 0.3) is 0 Å². The summed E-state index contributed by atoms with van der Waals surface area (Å²) in [5.41, 5.74) is -0.502. The molecule has 85 valence electrons. The highest BCUT2D eigenvalue weighted by molar-refractivity contribution is 5.82. The molecular weight excluding hydrogens is 194 g/mol. The molecule has 0 bridgehead atoms. The predicted octanol–water partition coefficient (Wildman–Crippen LogP) is 1.79. The maximum Gasteiger partial charge on any atom is 0.410 e. The van der Waals surface area contributed by atoms with Crippen molar-refractivity contribution in [3.63, 3.8) is 0 Å². The molecule has 1 aliphatic rings. The van der Waals surface area contributed by atoms with Gasteiger partial charge in [-0.15, -0.1) is 0 Å². The van der Waals surface area contributed by atoms with Crippen LogP contribution < -0.4 is 0 Å². The van der Waals surface area contributed by atoms with E-state index in [2.05, 4.69) is 6.92 Å². The van der Waals surface area contributed by atoms with Crippen molar-refractivity contribution in [3.8, 4) is 0 Å². The van der Waals surface area contributed by atoms with E-state index in [0.29, 0.717) is 19.4 Å². The first-order valence-electron chi connectivity index (χ1n) is 5.14. The molecule has 0 N–H and O–H groups in total. The van der Waals surface area contributed by atoms with Crippen LogP contribution in [0.5, 0.6) is 0 Å². The SMILES string of the molecule is [CH2][C@@H]1CC(=O)CCN1C(=O)OC(C)(C)C. The molecular formula is C11H18NO3. The van der Waals surface area contributed by atoms with Gasteiger partial charge in [-0.2, -0.15) is 0 Å². The van der Waals surface area contributed by atoms with E-state index < -0.39 is 5.60 Å². The minimum atomic E-state index is -0.502. The van der Waals surface area contributed by atoms with Crippen molar-refractivity contribution < 1.29 is 14.3 Å². The monoisotopic (exact) mass is 212 g/mol. The third kappa shape index (κ3) is 3.53. The molecule has 0 aliphatic carbocycles. The Morgan fingerprint density at radius 1 is 1.53 bits per heavy atom. The van der Waals surface area contributed by atoms with Gasteiger partial charge in [0.1, 0.15) is 11.4 Å². The Kier molecular flexibility index (Phi) is 3.37. The summed E-state index contributed by atoms with van der Waals surface area (Å²) in [7, 11) is 0. The minimum absolute atomic E-state index is 0.162. The van der Waals surface area contributed by atoms with E-state index in [-0.39, 0.29) is 17.9 Å². The summed E-state index contributed by atoms with van der Waals surface area (Å²) >= 11 is 0. The lowest BCUT2D eigenvalue weighted by Gasteiger charge is -2.34. The summed E-state index contributed by atoms with van der Waals surface area (Å²) < 4.78 is 5.22. The quantitative estimate of drug-likeness (QED) is 0.615. The Bertz CT molecular complexity index is 267. The Labute approximate surface area is 90.6 Å². The highest BCUT2D eigenvalue weighted by Crippen LogP contribution is 2.17. The largest absolute Gasteiger partial charge is 0.444 e. The van der Waals surface area contributed by atoms with Crippen LogP contribution in [0.1, 0.15) is 33.6 Å². The highest BCUT2D eigenvalue weighted by Gasteiger charge is 2.30. The second-order valence-electron chi connectivity index (χ2n) is 4.82. The number of amides is 1. The number of piperidine rings is 1. The van der Waals surface area contributed by atoms with E-state index in [4.69, 9.17) is 4.74 Å². The van der Waals surface area contributed by atoms with Crippen LogP contribution in [0.3, 0.4) is 0 Å². The maximum absolute atomic E-state index is 11.7. The number of hydrogen-bond donors (Lipinski definition) is 0. The highest BCUT2D eigenvalue weighted by atomic mass is 16.6. The summed E-state index contributed by atoms with van der Waals surface area (Å²) in [6.45, 7) is 9.66. The van der Waals surface area contributed by atoms with E-state index in [1.54, 1.807) is 0 Å². The van der Waals surface area contributed by atoms with E-state index in [0.717, 1.165) is 0 Å². The van der Waals surface area contributed by atoms with Gasteiger partial charge in [-0.3, -0.25) is 4.79 Å². The molecule has 4 nitrogen and oxygen atoms in total. The minimum Gasteiger partial charge on any atom is -0.444 e. The lowest BCUT2D eigenvalue weighted by molar-refractivity contribution is -0.122. The molecule has 0 saturated carbocycles. The molecule has 1 aliphatic heterocycles. The standard InChI is InChI=1S/C11H18NO3/c1-8-7-9(13)5-6-12(8)10(14)15-11(2,3)4/h8H,1,5-7H2,2-4H3/t8-/m1/s1. The van der Waals surface area contributed by atoms with Crippen molar-refractivity contribution in [2.45, 2.75) is 45.3 Å². The smallest absolute Gasteiger partial charge is 0.410 e. The summed E-state index contributed by atoms with van der Waals surface area (Å²) in [6.07, 6.45) is 0.361. The van der Waals surface area contributed by atoms with Gasteiger partial charge in [0.15, 0.2) is 0 Å². The summed E-state index contributed by atoms with van der Waals surface area (Å²) in [5, 5.41) is 0. The molecule has 0 aromatic carbocycles. The van der Waals surface area contributed by atoms with E-state index in [9.17, 15) is 9.59 Å². The first-order valence-corrected chi connectivity index (χ1v) is 5.14. The molecule has 0 spiro atoms. The number of carbonyl (C=O) groups is 2. The number of ketones is 1. The first-order chi connectivity index (χ1) is 6.79. The lowest BCUT2D eigenvalue weighted by Crippen LogP contribution is -2.47. The third-order valence-electron chi connectivity index (χ3n) is 2.16. The maximum atomic E-state index is 11.7. The second-order valence-corrected chi connectivity index (χ2v) is 4.82. The van der Waals surface area contributed by atoms with Crippen molar-refractivity contribution in [3.05, 3.63) is 6.92 Å². The summed E-state index contributed by atoms with van der Waals surface area (Å²) in [4.78, 5) is 24.3. The number of carbonyl (C=O) groups excluding carboxylic acids is 2. The number of rotatable bonds is 0. The molecule has 0 unspecified atom stereocenters. The van der Waals surface area contributed by atoms with Crippen molar-refractivity contribution in [1.82, 2.24) is 4.90 Å². The topological polar surface area (TPSA) is 46.6 Å². The average Bonchev–Trinajstić information content (AvgIpc) is 1.99. The predicted molar refractivity (Wildman–Crippen MR) is 56.3 cm³/mol. The van der Waals surface area contributed by atoms with Crippen molar-refractivity contribution in [2.75, 3.05) is 6.54 Å². The first kappa shape index (κ1) is 12.0. The van der Waals surface area contributed by atoms with Crippen LogP contribution in [0.15, 0.2) is 0 Å². The molecule has 1 fully saturated rings. The number of Topliss-reactive ketones (excluding diaryl/α,β-unsaturated/α-hetero) is 1. The van der Waals surface area contributed by atoms with E-state index >= 15 is 0 Å². The zero-order chi connectivity index (χ0) is 11.6. The van der Waals surface area contributed by atoms with Crippen LogP contribution in [-0.4, -0.2) is 35.0 Å². The fraction of sp³-hybridized carbons (Fsp3) is 0.727. The van der Waals surface area contributed by atoms with Crippen LogP contribution in [0.4, 0.5) is 4.79 Å². The number of likely N-dealkylation sites (tertiary alicyclic amines) is 1. The molecule has 0 aromatic rings. The van der Waals surface area contributed by atoms with Crippen molar-refractivity contribution in [1.29, 1.82) is 0 Å². The van der Waals surface area contributed by atoms with E-state index in [1.165, 1.54) is 4.90 Å². The molecule has 1 rings (SSSR count). The van der Waals surface area contributed by atoms with Gasteiger partial charge in [0.2, 0.25) is 0 Å². The van der Waals surface area contributed by atoms with E-state index in [1.807, 2.05) is 20.8 Å². The molecule has 0 aromatic heterocycles. The van der Waals surface area contributed by atoms with Crippen LogP contribution in [0, 0.1) is 6.92 Å². The van der Waals surface area contributed by atoms with Crippen molar-refractivity contribution in [2.24, 2.45) is 0 Å². The molecule has 1 atom stereocenters. The lowest BCUT2D eigenvalue weighted by atomic mass is 10.0. The molecule has 1 heterocycles. The zero-order valence-electron chi connectivity index (χ0n) is 9.58. The van der Waals surface area contributed by atoms with Gasteiger partial charge < -0.3 is 9.64 Å². The molecule has 1 saturated heterocycles. The summed E-state index contributed by atoms with van der Waals surface area (Å²) in [6, 6.07) is -0.291. The van der Waals surface area contributed by atoms with Gasteiger partial charge >= 0.3 is 6.09 Å². The van der Waals surface area contributed by atoms with Crippen molar-refractivity contribution >= 4 is 11.9 Å². The Hall–Kier alpha value is -1.06. The van der Waals surface area contributed by atoms with Crippen LogP contribution in [0.25, 0.3) is 0 Å². The van der Waals surface area contributed by atoms with Gasteiger partial charge in [-0.25, -0.2) is 4.79 Å². The normalized spacial score (nSPS) is 22.8. The average molecular weight is 212 g/mol. The molecule has 15 heavy (non-hydrogen) atoms. The van der Waals surface area contributed by atoms with Crippen LogP contribution >= 0.6 is 0 Å². The van der Waals surface area contributed by atoms with Crippen LogP contribution in [-0.2, 0) is 9.53 Å². The fourth-order valence-corrected chi connectivity index (χ4v) is 1.46. The zero-order valence-corrected chi connectivity index (χ0v) is 9.58. The van der Waals surface area contributed by atoms with Gasteiger partial charge in [-0.1, -0.05) is 0 Å². The second kappa shape index (κ2) is 4.21. The number of nitrogens with zero attached hydrogens (tertiary/aromatic N) is 1. The number of hydrogen-bond acceptors (Lipinski definition) is 3. The molecule has 1 radical (unpaired) electrons. The molecule has 4 heteroatoms. The van der Waals surface area contributed by atoms with Gasteiger partial charge in [0, 0.05) is 25.4 Å². The van der Waals surface area contributed by atoms with Gasteiger partial charge in [-0.05, 0) is 27.7 Å². The number of ether oxygens (including phenoxy) is 1. The Balaban J connectivity index is 2.56. The van der Waals surface area contributed by atoms with Gasteiger partial charge in [0.05, 0.1) is 0 Å². The Morgan fingerprint density at radius 3 is 2.60 bits per heavy atom. The Morgan fingerprint density at radius 2 is 2.13 bits per heavy atom. The third-order valence-corrected chi connectivity index (χ3v) is 2.16. The fourth-order valence-electron chi connectivity index (χ4n) is 1.46.